The third kappa shape index (κ3) is 6.57. The van der Waals surface area contributed by atoms with Gasteiger partial charge in [-0.05, 0) is 61.4 Å². The van der Waals surface area contributed by atoms with Crippen molar-refractivity contribution in [1.29, 1.82) is 0 Å². The van der Waals surface area contributed by atoms with Crippen LogP contribution in [0.15, 0.2) is 48.5 Å². The number of likely N-dealkylation sites (N-methyl/N-ethyl adjacent to an activating group) is 1. The molecule has 0 spiro atoms. The summed E-state index contributed by atoms with van der Waals surface area (Å²) in [6.45, 7) is 7.37. The van der Waals surface area contributed by atoms with E-state index in [1.165, 1.54) is 11.0 Å². The maximum absolute atomic E-state index is 12.5. The summed E-state index contributed by atoms with van der Waals surface area (Å²) in [5.74, 6) is -0.460. The number of aryl methyl sites for hydroxylation is 1. The number of carbonyl (C=O) groups is 2. The predicted molar refractivity (Wildman–Crippen MR) is 126 cm³/mol. The lowest BCUT2D eigenvalue weighted by Crippen LogP contribution is -2.37. The number of hydrogen-bond acceptors (Lipinski definition) is 4. The molecule has 1 fully saturated rings. The van der Waals surface area contributed by atoms with Crippen LogP contribution >= 0.6 is 11.6 Å². The summed E-state index contributed by atoms with van der Waals surface area (Å²) in [6.07, 6.45) is 3.17. The predicted octanol–water partition coefficient (Wildman–Crippen LogP) is 3.99. The molecule has 0 aromatic heterocycles. The number of nitrogens with one attached hydrogen (secondary N) is 1. The summed E-state index contributed by atoms with van der Waals surface area (Å²) in [4.78, 5) is 28.7. The maximum atomic E-state index is 12.5. The highest BCUT2D eigenvalue weighted by molar-refractivity contribution is 6.31. The van der Waals surface area contributed by atoms with Crippen molar-refractivity contribution in [2.24, 2.45) is 0 Å². The van der Waals surface area contributed by atoms with Crippen LogP contribution in [0.2, 0.25) is 5.02 Å². The molecule has 1 N–H and O–H groups in total. The molecule has 2 aromatic rings. The fraction of sp³-hybridized carbons (Fsp3) is 0.333. The third-order valence-electron chi connectivity index (χ3n) is 5.17. The summed E-state index contributed by atoms with van der Waals surface area (Å²) < 4.78 is 5.38. The number of hydrogen-bond donors (Lipinski definition) is 1. The summed E-state index contributed by atoms with van der Waals surface area (Å²) >= 11 is 6.13. The molecule has 0 aliphatic carbocycles. The number of ether oxygens (including phenoxy) is 1. The van der Waals surface area contributed by atoms with Crippen molar-refractivity contribution in [1.82, 2.24) is 4.90 Å². The zero-order chi connectivity index (χ0) is 22.2. The minimum atomic E-state index is -0.235. The molecule has 1 aliphatic heterocycles. The topological polar surface area (TPSA) is 61.9 Å². The van der Waals surface area contributed by atoms with E-state index in [1.54, 1.807) is 6.08 Å². The number of halogens is 1. The van der Waals surface area contributed by atoms with Gasteiger partial charge in [-0.15, -0.1) is 0 Å². The second-order valence-corrected chi connectivity index (χ2v) is 7.80. The normalized spacial score (nSPS) is 14.0. The molecule has 31 heavy (non-hydrogen) atoms. The highest BCUT2D eigenvalue weighted by Gasteiger charge is 2.14. The molecule has 7 heteroatoms. The van der Waals surface area contributed by atoms with Gasteiger partial charge in [0.25, 0.3) is 0 Å². The SMILES string of the molecule is CCN(CC(=O)Nc1ccc(N2CCOCC2)cc1)C(=O)/C=C/c1ccc(C)c(Cl)c1. The van der Waals surface area contributed by atoms with E-state index < -0.39 is 0 Å². The van der Waals surface area contributed by atoms with Gasteiger partial charge in [-0.3, -0.25) is 9.59 Å². The van der Waals surface area contributed by atoms with Gasteiger partial charge in [-0.1, -0.05) is 23.7 Å². The number of rotatable bonds is 7. The molecule has 2 amide bonds. The van der Waals surface area contributed by atoms with E-state index in [9.17, 15) is 9.59 Å². The van der Waals surface area contributed by atoms with Crippen molar-refractivity contribution in [3.63, 3.8) is 0 Å². The number of benzene rings is 2. The second kappa shape index (κ2) is 11.0. The van der Waals surface area contributed by atoms with Gasteiger partial charge in [0, 0.05) is 42.1 Å². The molecule has 0 bridgehead atoms. The molecule has 3 rings (SSSR count). The summed E-state index contributed by atoms with van der Waals surface area (Å²) in [7, 11) is 0. The van der Waals surface area contributed by atoms with Crippen LogP contribution in [-0.2, 0) is 14.3 Å². The molecule has 2 aromatic carbocycles. The van der Waals surface area contributed by atoms with E-state index in [4.69, 9.17) is 16.3 Å². The van der Waals surface area contributed by atoms with Gasteiger partial charge < -0.3 is 19.9 Å². The summed E-state index contributed by atoms with van der Waals surface area (Å²) in [6, 6.07) is 13.3. The Bertz CT molecular complexity index is 938. The lowest BCUT2D eigenvalue weighted by atomic mass is 10.1. The van der Waals surface area contributed by atoms with Crippen LogP contribution in [0.25, 0.3) is 6.08 Å². The number of amides is 2. The smallest absolute Gasteiger partial charge is 0.247 e. The molecule has 0 unspecified atom stereocenters. The molecule has 6 nitrogen and oxygen atoms in total. The Balaban J connectivity index is 1.54. The third-order valence-corrected chi connectivity index (χ3v) is 5.58. The number of carbonyl (C=O) groups excluding carboxylic acids is 2. The molecular weight excluding hydrogens is 414 g/mol. The molecule has 1 saturated heterocycles. The minimum Gasteiger partial charge on any atom is -0.378 e. The highest BCUT2D eigenvalue weighted by Crippen LogP contribution is 2.19. The molecule has 0 saturated carbocycles. The zero-order valence-electron chi connectivity index (χ0n) is 17.9. The molecule has 1 heterocycles. The Hall–Kier alpha value is -2.83. The van der Waals surface area contributed by atoms with Crippen LogP contribution in [0.1, 0.15) is 18.1 Å². The Morgan fingerprint density at radius 1 is 1.16 bits per heavy atom. The van der Waals surface area contributed by atoms with Crippen LogP contribution in [0.3, 0.4) is 0 Å². The van der Waals surface area contributed by atoms with E-state index in [0.29, 0.717) is 17.3 Å². The summed E-state index contributed by atoms with van der Waals surface area (Å²) in [5.41, 5.74) is 3.63. The average molecular weight is 442 g/mol. The van der Waals surface area contributed by atoms with Gasteiger partial charge in [-0.25, -0.2) is 0 Å². The lowest BCUT2D eigenvalue weighted by Gasteiger charge is -2.29. The maximum Gasteiger partial charge on any atom is 0.247 e. The Morgan fingerprint density at radius 2 is 1.87 bits per heavy atom. The van der Waals surface area contributed by atoms with Crippen molar-refractivity contribution in [2.45, 2.75) is 13.8 Å². The summed E-state index contributed by atoms with van der Waals surface area (Å²) in [5, 5.41) is 3.52. The monoisotopic (exact) mass is 441 g/mol. The molecule has 0 radical (unpaired) electrons. The van der Waals surface area contributed by atoms with E-state index in [0.717, 1.165) is 43.1 Å². The van der Waals surface area contributed by atoms with Crippen molar-refractivity contribution >= 4 is 40.9 Å². The highest BCUT2D eigenvalue weighted by atomic mass is 35.5. The standard InChI is InChI=1S/C24H28ClN3O3/c1-3-27(24(30)11-6-19-5-4-18(2)22(25)16-19)17-23(29)26-20-7-9-21(10-8-20)28-12-14-31-15-13-28/h4-11,16H,3,12-15,17H2,1-2H3,(H,26,29)/b11-6+. The minimum absolute atomic E-state index is 0.0143. The number of nitrogens with zero attached hydrogens (tertiary/aromatic N) is 2. The van der Waals surface area contributed by atoms with Gasteiger partial charge in [0.15, 0.2) is 0 Å². The van der Waals surface area contributed by atoms with Crippen molar-refractivity contribution in [3.8, 4) is 0 Å². The quantitative estimate of drug-likeness (QED) is 0.660. The van der Waals surface area contributed by atoms with Gasteiger partial charge in [0.1, 0.15) is 6.54 Å². The van der Waals surface area contributed by atoms with E-state index >= 15 is 0 Å². The van der Waals surface area contributed by atoms with Gasteiger partial charge in [0.2, 0.25) is 11.8 Å². The van der Waals surface area contributed by atoms with Crippen LogP contribution in [0.4, 0.5) is 11.4 Å². The second-order valence-electron chi connectivity index (χ2n) is 7.39. The number of morpholine rings is 1. The first-order chi connectivity index (χ1) is 15.0. The fourth-order valence-electron chi connectivity index (χ4n) is 3.28. The van der Waals surface area contributed by atoms with Crippen molar-refractivity contribution in [3.05, 3.63) is 64.7 Å². The Kier molecular flexibility index (Phi) is 8.09. The van der Waals surface area contributed by atoms with Gasteiger partial charge in [0.05, 0.1) is 13.2 Å². The average Bonchev–Trinajstić information content (AvgIpc) is 2.79. The van der Waals surface area contributed by atoms with Gasteiger partial charge >= 0.3 is 0 Å². The largest absolute Gasteiger partial charge is 0.378 e. The van der Waals surface area contributed by atoms with Gasteiger partial charge in [-0.2, -0.15) is 0 Å². The Morgan fingerprint density at radius 3 is 2.52 bits per heavy atom. The lowest BCUT2D eigenvalue weighted by molar-refractivity contribution is -0.130. The zero-order valence-corrected chi connectivity index (χ0v) is 18.7. The first-order valence-electron chi connectivity index (χ1n) is 10.4. The van der Waals surface area contributed by atoms with Crippen LogP contribution < -0.4 is 10.2 Å². The first kappa shape index (κ1) is 22.8. The van der Waals surface area contributed by atoms with Crippen LogP contribution in [-0.4, -0.2) is 56.1 Å². The fourth-order valence-corrected chi connectivity index (χ4v) is 3.47. The first-order valence-corrected chi connectivity index (χ1v) is 10.8. The Labute approximate surface area is 188 Å². The molecule has 1 aliphatic rings. The molecular formula is C24H28ClN3O3. The van der Waals surface area contributed by atoms with Crippen molar-refractivity contribution in [2.75, 3.05) is 49.6 Å². The van der Waals surface area contributed by atoms with E-state index in [-0.39, 0.29) is 18.4 Å². The molecule has 164 valence electrons. The van der Waals surface area contributed by atoms with E-state index in [2.05, 4.69) is 10.2 Å². The van der Waals surface area contributed by atoms with Crippen LogP contribution in [0.5, 0.6) is 0 Å². The number of anilines is 2. The van der Waals surface area contributed by atoms with E-state index in [1.807, 2.05) is 56.3 Å². The van der Waals surface area contributed by atoms with Crippen LogP contribution in [0, 0.1) is 6.92 Å². The molecule has 0 atom stereocenters. The van der Waals surface area contributed by atoms with Crippen molar-refractivity contribution < 1.29 is 14.3 Å².